The summed E-state index contributed by atoms with van der Waals surface area (Å²) in [5, 5.41) is 7.72. The fraction of sp³-hybridized carbons (Fsp3) is 0.857. The SMILES string of the molecule is CCNC1CSCC1c1nc(C2(OC)CCOCC2)no1. The fourth-order valence-corrected chi connectivity index (χ4v) is 4.42. The van der Waals surface area contributed by atoms with Gasteiger partial charge in [-0.1, -0.05) is 12.1 Å². The van der Waals surface area contributed by atoms with Crippen LogP contribution in [0.1, 0.15) is 37.4 Å². The molecule has 0 saturated carbocycles. The van der Waals surface area contributed by atoms with Gasteiger partial charge >= 0.3 is 0 Å². The maximum absolute atomic E-state index is 5.73. The molecule has 1 aromatic rings. The number of nitrogens with zero attached hydrogens (tertiary/aromatic N) is 2. The van der Waals surface area contributed by atoms with Crippen molar-refractivity contribution in [1.29, 1.82) is 0 Å². The zero-order valence-corrected chi connectivity index (χ0v) is 13.4. The molecule has 3 rings (SSSR count). The maximum Gasteiger partial charge on any atom is 0.232 e. The van der Waals surface area contributed by atoms with Gasteiger partial charge in [-0.15, -0.1) is 0 Å². The Morgan fingerprint density at radius 2 is 2.19 bits per heavy atom. The third kappa shape index (κ3) is 2.97. The molecule has 0 amide bonds. The van der Waals surface area contributed by atoms with E-state index in [2.05, 4.69) is 22.4 Å². The molecule has 2 aliphatic rings. The van der Waals surface area contributed by atoms with Crippen molar-refractivity contribution in [3.63, 3.8) is 0 Å². The molecule has 21 heavy (non-hydrogen) atoms. The van der Waals surface area contributed by atoms with E-state index in [1.807, 2.05) is 11.8 Å². The van der Waals surface area contributed by atoms with Crippen LogP contribution >= 0.6 is 11.8 Å². The summed E-state index contributed by atoms with van der Waals surface area (Å²) >= 11 is 1.93. The zero-order valence-electron chi connectivity index (χ0n) is 12.6. The summed E-state index contributed by atoms with van der Waals surface area (Å²) in [6.45, 7) is 4.44. The Kier molecular flexibility index (Phi) is 4.83. The van der Waals surface area contributed by atoms with Gasteiger partial charge in [-0.3, -0.25) is 0 Å². The van der Waals surface area contributed by atoms with E-state index in [9.17, 15) is 0 Å². The third-order valence-corrected chi connectivity index (χ3v) is 5.59. The van der Waals surface area contributed by atoms with Crippen molar-refractivity contribution in [3.8, 4) is 0 Å². The Morgan fingerprint density at radius 3 is 2.90 bits per heavy atom. The van der Waals surface area contributed by atoms with Crippen LogP contribution in [0.25, 0.3) is 0 Å². The van der Waals surface area contributed by atoms with E-state index in [0.29, 0.717) is 31.0 Å². The molecule has 2 aliphatic heterocycles. The Bertz CT molecular complexity index is 462. The van der Waals surface area contributed by atoms with Crippen molar-refractivity contribution < 1.29 is 14.0 Å². The van der Waals surface area contributed by atoms with Gasteiger partial charge in [-0.05, 0) is 6.54 Å². The molecule has 6 nitrogen and oxygen atoms in total. The molecule has 0 spiro atoms. The lowest BCUT2D eigenvalue weighted by atomic mass is 9.93. The molecule has 1 aromatic heterocycles. The molecule has 0 radical (unpaired) electrons. The van der Waals surface area contributed by atoms with Crippen LogP contribution in [0.3, 0.4) is 0 Å². The molecule has 0 aliphatic carbocycles. The van der Waals surface area contributed by atoms with Crippen molar-refractivity contribution in [2.24, 2.45) is 0 Å². The summed E-state index contributed by atoms with van der Waals surface area (Å²) in [4.78, 5) is 4.68. The number of methoxy groups -OCH3 is 1. The lowest BCUT2D eigenvalue weighted by Crippen LogP contribution is -2.37. The number of thioether (sulfide) groups is 1. The predicted octanol–water partition coefficient (Wildman–Crippen LogP) is 1.53. The molecule has 7 heteroatoms. The lowest BCUT2D eigenvalue weighted by Gasteiger charge is -2.32. The summed E-state index contributed by atoms with van der Waals surface area (Å²) in [5.74, 6) is 3.84. The van der Waals surface area contributed by atoms with Crippen molar-refractivity contribution in [1.82, 2.24) is 15.5 Å². The summed E-state index contributed by atoms with van der Waals surface area (Å²) in [6.07, 6.45) is 1.55. The van der Waals surface area contributed by atoms with Gasteiger partial charge in [0.25, 0.3) is 0 Å². The van der Waals surface area contributed by atoms with Crippen LogP contribution in [0.4, 0.5) is 0 Å². The van der Waals surface area contributed by atoms with Crippen LogP contribution in [-0.4, -0.2) is 54.6 Å². The minimum absolute atomic E-state index is 0.296. The summed E-state index contributed by atoms with van der Waals surface area (Å²) < 4.78 is 16.7. The van der Waals surface area contributed by atoms with E-state index in [1.165, 1.54) is 0 Å². The highest BCUT2D eigenvalue weighted by Gasteiger charge is 2.41. The van der Waals surface area contributed by atoms with Gasteiger partial charge in [0.2, 0.25) is 11.7 Å². The van der Waals surface area contributed by atoms with Gasteiger partial charge in [-0.2, -0.15) is 16.7 Å². The Hall–Kier alpha value is -0.630. The van der Waals surface area contributed by atoms with Crippen molar-refractivity contribution in [3.05, 3.63) is 11.7 Å². The van der Waals surface area contributed by atoms with Crippen molar-refractivity contribution >= 4 is 11.8 Å². The van der Waals surface area contributed by atoms with E-state index < -0.39 is 5.60 Å². The average Bonchev–Trinajstić information content (AvgIpc) is 3.17. The van der Waals surface area contributed by atoms with Crippen molar-refractivity contribution in [2.75, 3.05) is 38.4 Å². The number of hydrogen-bond acceptors (Lipinski definition) is 7. The van der Waals surface area contributed by atoms with Crippen molar-refractivity contribution in [2.45, 2.75) is 37.3 Å². The summed E-state index contributed by atoms with van der Waals surface area (Å²) in [7, 11) is 1.72. The molecule has 2 unspecified atom stereocenters. The summed E-state index contributed by atoms with van der Waals surface area (Å²) in [6, 6.07) is 0.418. The van der Waals surface area contributed by atoms with Crippen LogP contribution in [0.5, 0.6) is 0 Å². The Balaban J connectivity index is 1.79. The average molecular weight is 313 g/mol. The first-order valence-electron chi connectivity index (χ1n) is 7.57. The van der Waals surface area contributed by atoms with Crippen LogP contribution in [0.15, 0.2) is 4.52 Å². The van der Waals surface area contributed by atoms with Crippen LogP contribution in [0.2, 0.25) is 0 Å². The predicted molar refractivity (Wildman–Crippen MR) is 80.6 cm³/mol. The zero-order chi connectivity index (χ0) is 14.7. The van der Waals surface area contributed by atoms with E-state index in [0.717, 1.165) is 36.8 Å². The number of rotatable bonds is 5. The second-order valence-corrected chi connectivity index (χ2v) is 6.65. The minimum atomic E-state index is -0.445. The minimum Gasteiger partial charge on any atom is -0.381 e. The van der Waals surface area contributed by atoms with Gasteiger partial charge < -0.3 is 19.3 Å². The Morgan fingerprint density at radius 1 is 1.38 bits per heavy atom. The normalized spacial score (nSPS) is 28.9. The largest absolute Gasteiger partial charge is 0.381 e. The lowest BCUT2D eigenvalue weighted by molar-refractivity contribution is -0.101. The number of aromatic nitrogens is 2. The second-order valence-electron chi connectivity index (χ2n) is 5.58. The first kappa shape index (κ1) is 15.3. The third-order valence-electron chi connectivity index (χ3n) is 4.40. The molecule has 1 N–H and O–H groups in total. The number of nitrogens with one attached hydrogen (secondary N) is 1. The molecule has 0 bridgehead atoms. The Labute approximate surface area is 129 Å². The maximum atomic E-state index is 5.73. The van der Waals surface area contributed by atoms with Gasteiger partial charge in [0.05, 0.1) is 5.92 Å². The topological polar surface area (TPSA) is 69.4 Å². The van der Waals surface area contributed by atoms with E-state index in [1.54, 1.807) is 7.11 Å². The molecular weight excluding hydrogens is 290 g/mol. The molecular formula is C14H23N3O3S. The first-order chi connectivity index (χ1) is 10.3. The van der Waals surface area contributed by atoms with Gasteiger partial charge in [-0.25, -0.2) is 0 Å². The number of hydrogen-bond donors (Lipinski definition) is 1. The first-order valence-corrected chi connectivity index (χ1v) is 8.72. The standard InChI is InChI=1S/C14H23N3O3S/c1-3-15-11-9-21-8-10(11)12-16-13(17-20-12)14(18-2)4-6-19-7-5-14/h10-11,15H,3-9H2,1-2H3. The van der Waals surface area contributed by atoms with Crippen LogP contribution in [0, 0.1) is 0 Å². The molecule has 2 saturated heterocycles. The highest BCUT2D eigenvalue weighted by atomic mass is 32.2. The van der Waals surface area contributed by atoms with Gasteiger partial charge in [0.15, 0.2) is 0 Å². The smallest absolute Gasteiger partial charge is 0.232 e. The highest BCUT2D eigenvalue weighted by molar-refractivity contribution is 7.99. The molecule has 2 fully saturated rings. The van der Waals surface area contributed by atoms with E-state index >= 15 is 0 Å². The monoisotopic (exact) mass is 313 g/mol. The van der Waals surface area contributed by atoms with Crippen LogP contribution in [-0.2, 0) is 15.1 Å². The molecule has 3 heterocycles. The van der Waals surface area contributed by atoms with E-state index in [4.69, 9.17) is 14.0 Å². The molecule has 2 atom stereocenters. The van der Waals surface area contributed by atoms with Crippen LogP contribution < -0.4 is 5.32 Å². The molecule has 0 aromatic carbocycles. The van der Waals surface area contributed by atoms with Gasteiger partial charge in [0, 0.05) is 50.7 Å². The quantitative estimate of drug-likeness (QED) is 0.884. The van der Waals surface area contributed by atoms with Gasteiger partial charge in [0.1, 0.15) is 5.60 Å². The second kappa shape index (κ2) is 6.64. The van der Waals surface area contributed by atoms with E-state index in [-0.39, 0.29) is 0 Å². The fourth-order valence-electron chi connectivity index (χ4n) is 3.05. The molecule has 118 valence electrons. The summed E-state index contributed by atoms with van der Waals surface area (Å²) in [5.41, 5.74) is -0.445. The highest BCUT2D eigenvalue weighted by Crippen LogP contribution is 2.36. The number of ether oxygens (including phenoxy) is 2. The number of likely N-dealkylation sites (N-methyl/N-ethyl adjacent to an activating group) is 1.